The summed E-state index contributed by atoms with van der Waals surface area (Å²) in [5.74, 6) is -0.123. The van der Waals surface area contributed by atoms with Crippen molar-refractivity contribution in [1.82, 2.24) is 0 Å². The lowest BCUT2D eigenvalue weighted by molar-refractivity contribution is -0.143. The Morgan fingerprint density at radius 3 is 1.86 bits per heavy atom. The summed E-state index contributed by atoms with van der Waals surface area (Å²) in [5.41, 5.74) is 2.89. The average molecular weight is 294 g/mol. The van der Waals surface area contributed by atoms with Gasteiger partial charge in [0.25, 0.3) is 0 Å². The fraction of sp³-hybridized carbons (Fsp3) is 0.250. The molecule has 0 radical (unpaired) electrons. The van der Waals surface area contributed by atoms with Crippen LogP contribution in [0, 0.1) is 0 Å². The molecular formula is C20H22O2. The van der Waals surface area contributed by atoms with Crippen LogP contribution in [-0.4, -0.2) is 12.1 Å². The van der Waals surface area contributed by atoms with Crippen molar-refractivity contribution in [2.24, 2.45) is 0 Å². The summed E-state index contributed by atoms with van der Waals surface area (Å²) >= 11 is 0. The molecule has 0 amide bonds. The van der Waals surface area contributed by atoms with Gasteiger partial charge in [-0.25, -0.2) is 4.79 Å². The first-order valence-corrected chi connectivity index (χ1v) is 7.54. The van der Waals surface area contributed by atoms with Gasteiger partial charge in [0.2, 0.25) is 0 Å². The van der Waals surface area contributed by atoms with Crippen LogP contribution in [0.4, 0.5) is 0 Å². The van der Waals surface area contributed by atoms with E-state index in [1.165, 1.54) is 11.1 Å². The second kappa shape index (κ2) is 7.60. The van der Waals surface area contributed by atoms with Gasteiger partial charge < -0.3 is 4.74 Å². The maximum absolute atomic E-state index is 11.7. The molecule has 2 aromatic carbocycles. The molecule has 22 heavy (non-hydrogen) atoms. The largest absolute Gasteiger partial charge is 0.459 e. The number of esters is 1. The first kappa shape index (κ1) is 16.0. The number of hydrogen-bond acceptors (Lipinski definition) is 2. The van der Waals surface area contributed by atoms with Gasteiger partial charge in [-0.15, -0.1) is 0 Å². The molecule has 2 aromatic rings. The van der Waals surface area contributed by atoms with E-state index in [1.807, 2.05) is 43.3 Å². The van der Waals surface area contributed by atoms with Crippen LogP contribution < -0.4 is 0 Å². The minimum absolute atomic E-state index is 0.172. The molecule has 0 aliphatic rings. The first-order valence-electron chi connectivity index (χ1n) is 7.54. The molecule has 0 aromatic heterocycles. The fourth-order valence-corrected chi connectivity index (χ4v) is 2.50. The molecular weight excluding hydrogens is 272 g/mol. The van der Waals surface area contributed by atoms with Crippen LogP contribution in [0.2, 0.25) is 0 Å². The van der Waals surface area contributed by atoms with Crippen molar-refractivity contribution >= 4 is 5.97 Å². The van der Waals surface area contributed by atoms with Gasteiger partial charge in [0, 0.05) is 11.5 Å². The lowest BCUT2D eigenvalue weighted by Gasteiger charge is -2.22. The molecule has 0 bridgehead atoms. The van der Waals surface area contributed by atoms with Gasteiger partial charge in [-0.05, 0) is 31.4 Å². The average Bonchev–Trinajstić information content (AvgIpc) is 2.54. The fourth-order valence-electron chi connectivity index (χ4n) is 2.50. The lowest BCUT2D eigenvalue weighted by Crippen LogP contribution is -2.18. The highest BCUT2D eigenvalue weighted by molar-refractivity contribution is 5.87. The van der Waals surface area contributed by atoms with Crippen molar-refractivity contribution in [2.75, 3.05) is 0 Å². The van der Waals surface area contributed by atoms with E-state index in [-0.39, 0.29) is 18.0 Å². The van der Waals surface area contributed by atoms with Crippen molar-refractivity contribution in [2.45, 2.75) is 32.3 Å². The molecule has 2 rings (SSSR count). The van der Waals surface area contributed by atoms with E-state index in [2.05, 4.69) is 30.8 Å². The van der Waals surface area contributed by atoms with Crippen molar-refractivity contribution in [3.8, 4) is 0 Å². The molecule has 1 atom stereocenters. The zero-order valence-corrected chi connectivity index (χ0v) is 13.2. The SMILES string of the molecule is C=C(C)C(=O)OC(C)CC(c1ccccc1)c1ccccc1. The predicted octanol–water partition coefficient (Wildman–Crippen LogP) is 4.72. The van der Waals surface area contributed by atoms with Gasteiger partial charge >= 0.3 is 5.97 Å². The van der Waals surface area contributed by atoms with E-state index in [0.29, 0.717) is 5.57 Å². The minimum Gasteiger partial charge on any atom is -0.459 e. The number of carbonyl (C=O) groups is 1. The molecule has 0 spiro atoms. The summed E-state index contributed by atoms with van der Waals surface area (Å²) in [6, 6.07) is 20.6. The molecule has 0 aliphatic carbocycles. The van der Waals surface area contributed by atoms with Crippen LogP contribution in [0.5, 0.6) is 0 Å². The Kier molecular flexibility index (Phi) is 5.54. The third-order valence-corrected chi connectivity index (χ3v) is 3.63. The molecule has 0 N–H and O–H groups in total. The van der Waals surface area contributed by atoms with Crippen LogP contribution in [0.25, 0.3) is 0 Å². The second-order valence-corrected chi connectivity index (χ2v) is 5.61. The van der Waals surface area contributed by atoms with Crippen LogP contribution in [0.1, 0.15) is 37.3 Å². The van der Waals surface area contributed by atoms with Gasteiger partial charge in [0.05, 0.1) is 0 Å². The zero-order valence-electron chi connectivity index (χ0n) is 13.2. The van der Waals surface area contributed by atoms with E-state index in [0.717, 1.165) is 6.42 Å². The number of carbonyl (C=O) groups excluding carboxylic acids is 1. The van der Waals surface area contributed by atoms with Crippen LogP contribution in [-0.2, 0) is 9.53 Å². The summed E-state index contributed by atoms with van der Waals surface area (Å²) in [4.78, 5) is 11.7. The quantitative estimate of drug-likeness (QED) is 0.569. The standard InChI is InChI=1S/C20H22O2/c1-15(2)20(21)22-16(3)14-19(17-10-6-4-7-11-17)18-12-8-5-9-13-18/h4-13,16,19H,1,14H2,2-3H3. The van der Waals surface area contributed by atoms with Crippen LogP contribution in [0.15, 0.2) is 72.8 Å². The van der Waals surface area contributed by atoms with Gasteiger partial charge in [-0.1, -0.05) is 67.2 Å². The van der Waals surface area contributed by atoms with E-state index >= 15 is 0 Å². The molecule has 0 heterocycles. The zero-order chi connectivity index (χ0) is 15.9. The molecule has 0 fully saturated rings. The van der Waals surface area contributed by atoms with E-state index in [1.54, 1.807) is 6.92 Å². The summed E-state index contributed by atoms with van der Waals surface area (Å²) in [6.45, 7) is 7.23. The normalized spacial score (nSPS) is 12.0. The molecule has 1 unspecified atom stereocenters. The van der Waals surface area contributed by atoms with Gasteiger partial charge in [0.1, 0.15) is 6.10 Å². The van der Waals surface area contributed by atoms with Crippen molar-refractivity contribution in [3.05, 3.63) is 83.9 Å². The molecule has 0 saturated carbocycles. The Bertz CT molecular complexity index is 577. The van der Waals surface area contributed by atoms with Crippen LogP contribution in [0.3, 0.4) is 0 Å². The molecule has 2 heteroatoms. The smallest absolute Gasteiger partial charge is 0.333 e. The summed E-state index contributed by atoms with van der Waals surface area (Å²) < 4.78 is 5.45. The van der Waals surface area contributed by atoms with E-state index < -0.39 is 0 Å². The van der Waals surface area contributed by atoms with Gasteiger partial charge in [0.15, 0.2) is 0 Å². The Morgan fingerprint density at radius 2 is 1.45 bits per heavy atom. The number of hydrogen-bond donors (Lipinski definition) is 0. The molecule has 0 saturated heterocycles. The Morgan fingerprint density at radius 1 is 1.00 bits per heavy atom. The highest BCUT2D eigenvalue weighted by Crippen LogP contribution is 2.29. The summed E-state index contributed by atoms with van der Waals surface area (Å²) in [6.07, 6.45) is 0.571. The monoisotopic (exact) mass is 294 g/mol. The maximum atomic E-state index is 11.7. The Balaban J connectivity index is 2.19. The number of ether oxygens (including phenoxy) is 1. The minimum atomic E-state index is -0.327. The lowest BCUT2D eigenvalue weighted by atomic mass is 9.87. The third-order valence-electron chi connectivity index (χ3n) is 3.63. The highest BCUT2D eigenvalue weighted by atomic mass is 16.5. The van der Waals surface area contributed by atoms with E-state index in [9.17, 15) is 4.79 Å². The molecule has 0 aliphatic heterocycles. The summed E-state index contributed by atoms with van der Waals surface area (Å²) in [5, 5.41) is 0. The number of benzene rings is 2. The Labute approximate surface area is 132 Å². The maximum Gasteiger partial charge on any atom is 0.333 e. The van der Waals surface area contributed by atoms with Crippen molar-refractivity contribution in [3.63, 3.8) is 0 Å². The van der Waals surface area contributed by atoms with Gasteiger partial charge in [-0.2, -0.15) is 0 Å². The highest BCUT2D eigenvalue weighted by Gasteiger charge is 2.19. The van der Waals surface area contributed by atoms with Crippen molar-refractivity contribution < 1.29 is 9.53 Å². The molecule has 114 valence electrons. The second-order valence-electron chi connectivity index (χ2n) is 5.61. The third kappa shape index (κ3) is 4.32. The first-order chi connectivity index (χ1) is 10.6. The van der Waals surface area contributed by atoms with Crippen LogP contribution >= 0.6 is 0 Å². The predicted molar refractivity (Wildman–Crippen MR) is 89.7 cm³/mol. The summed E-state index contributed by atoms with van der Waals surface area (Å²) in [7, 11) is 0. The van der Waals surface area contributed by atoms with Crippen molar-refractivity contribution in [1.29, 1.82) is 0 Å². The van der Waals surface area contributed by atoms with Gasteiger partial charge in [-0.3, -0.25) is 0 Å². The topological polar surface area (TPSA) is 26.3 Å². The number of rotatable bonds is 6. The van der Waals surface area contributed by atoms with E-state index in [4.69, 9.17) is 4.74 Å². The Hall–Kier alpha value is -2.35. The molecule has 2 nitrogen and oxygen atoms in total.